The van der Waals surface area contributed by atoms with Crippen molar-refractivity contribution < 1.29 is 14.6 Å². The molecule has 1 heterocycles. The van der Waals surface area contributed by atoms with E-state index in [4.69, 9.17) is 9.84 Å². The molecule has 0 saturated carbocycles. The monoisotopic (exact) mass is 243 g/mol. The molecule has 0 saturated heterocycles. The fourth-order valence-electron chi connectivity index (χ4n) is 1.48. The Morgan fingerprint density at radius 2 is 2.17 bits per heavy atom. The van der Waals surface area contributed by atoms with E-state index >= 15 is 0 Å². The molecule has 4 nitrogen and oxygen atoms in total. The lowest BCUT2D eigenvalue weighted by Crippen LogP contribution is -1.94. The van der Waals surface area contributed by atoms with Crippen LogP contribution in [0.15, 0.2) is 42.6 Å². The van der Waals surface area contributed by atoms with Crippen molar-refractivity contribution in [2.45, 2.75) is 13.5 Å². The Morgan fingerprint density at radius 3 is 2.78 bits per heavy atom. The lowest BCUT2D eigenvalue weighted by molar-refractivity contribution is 0.101. The topological polar surface area (TPSA) is 59.4 Å². The van der Waals surface area contributed by atoms with Gasteiger partial charge in [-0.15, -0.1) is 0 Å². The highest BCUT2D eigenvalue weighted by Crippen LogP contribution is 2.20. The summed E-state index contributed by atoms with van der Waals surface area (Å²) < 4.78 is 5.52. The lowest BCUT2D eigenvalue weighted by Gasteiger charge is -2.06. The van der Waals surface area contributed by atoms with Crippen molar-refractivity contribution in [1.29, 1.82) is 0 Å². The molecule has 1 aromatic carbocycles. The van der Waals surface area contributed by atoms with Crippen LogP contribution < -0.4 is 4.74 Å². The highest BCUT2D eigenvalue weighted by atomic mass is 16.5. The Bertz CT molecular complexity index is 549. The van der Waals surface area contributed by atoms with Gasteiger partial charge in [-0.2, -0.15) is 0 Å². The Morgan fingerprint density at radius 1 is 1.33 bits per heavy atom. The summed E-state index contributed by atoms with van der Waals surface area (Å²) in [7, 11) is 0. The number of Topliss-reactive ketones (excluding diaryl/α,β-unsaturated/α-hetero) is 1. The Hall–Kier alpha value is -2.20. The van der Waals surface area contributed by atoms with Crippen LogP contribution in [0.5, 0.6) is 11.6 Å². The van der Waals surface area contributed by atoms with E-state index in [0.717, 1.165) is 5.56 Å². The van der Waals surface area contributed by atoms with E-state index in [1.54, 1.807) is 36.4 Å². The summed E-state index contributed by atoms with van der Waals surface area (Å²) in [6.07, 6.45) is 1.48. The standard InChI is InChI=1S/C14H13NO3/c1-10(17)12-5-6-14(15-8-12)18-13-4-2-3-11(7-13)9-16/h2-8,16H,9H2,1H3. The zero-order valence-electron chi connectivity index (χ0n) is 9.96. The van der Waals surface area contributed by atoms with Gasteiger partial charge in [0.2, 0.25) is 5.88 Å². The third kappa shape index (κ3) is 2.93. The van der Waals surface area contributed by atoms with Crippen molar-refractivity contribution >= 4 is 5.78 Å². The quantitative estimate of drug-likeness (QED) is 0.838. The number of hydrogen-bond acceptors (Lipinski definition) is 4. The van der Waals surface area contributed by atoms with E-state index in [-0.39, 0.29) is 12.4 Å². The first-order chi connectivity index (χ1) is 8.69. The smallest absolute Gasteiger partial charge is 0.219 e. The van der Waals surface area contributed by atoms with Crippen molar-refractivity contribution in [2.24, 2.45) is 0 Å². The summed E-state index contributed by atoms with van der Waals surface area (Å²) in [6.45, 7) is 1.45. The van der Waals surface area contributed by atoms with Crippen molar-refractivity contribution in [3.8, 4) is 11.6 Å². The number of ether oxygens (including phenoxy) is 1. The number of aromatic nitrogens is 1. The van der Waals surface area contributed by atoms with Crippen LogP contribution >= 0.6 is 0 Å². The van der Waals surface area contributed by atoms with Gasteiger partial charge < -0.3 is 9.84 Å². The number of nitrogens with zero attached hydrogens (tertiary/aromatic N) is 1. The molecule has 0 radical (unpaired) electrons. The number of aliphatic hydroxyl groups is 1. The average molecular weight is 243 g/mol. The van der Waals surface area contributed by atoms with Crippen molar-refractivity contribution in [1.82, 2.24) is 4.98 Å². The second-order valence-corrected chi connectivity index (χ2v) is 3.85. The van der Waals surface area contributed by atoms with Gasteiger partial charge in [-0.3, -0.25) is 4.79 Å². The number of hydrogen-bond donors (Lipinski definition) is 1. The molecule has 0 spiro atoms. The van der Waals surface area contributed by atoms with E-state index in [0.29, 0.717) is 17.2 Å². The van der Waals surface area contributed by atoms with E-state index in [9.17, 15) is 4.79 Å². The van der Waals surface area contributed by atoms with Gasteiger partial charge in [-0.1, -0.05) is 12.1 Å². The molecule has 18 heavy (non-hydrogen) atoms. The van der Waals surface area contributed by atoms with E-state index < -0.39 is 0 Å². The average Bonchev–Trinajstić information content (AvgIpc) is 2.39. The predicted octanol–water partition coefficient (Wildman–Crippen LogP) is 2.57. The summed E-state index contributed by atoms with van der Waals surface area (Å²) in [5, 5.41) is 9.02. The fourth-order valence-corrected chi connectivity index (χ4v) is 1.48. The van der Waals surface area contributed by atoms with Crippen LogP contribution in [0, 0.1) is 0 Å². The summed E-state index contributed by atoms with van der Waals surface area (Å²) in [5.74, 6) is 0.982. The summed E-state index contributed by atoms with van der Waals surface area (Å²) in [6, 6.07) is 10.4. The number of carbonyl (C=O) groups is 1. The second-order valence-electron chi connectivity index (χ2n) is 3.85. The largest absolute Gasteiger partial charge is 0.439 e. The van der Waals surface area contributed by atoms with Crippen molar-refractivity contribution in [3.05, 3.63) is 53.7 Å². The minimum atomic E-state index is -0.0338. The Balaban J connectivity index is 2.15. The van der Waals surface area contributed by atoms with E-state index in [2.05, 4.69) is 4.98 Å². The van der Waals surface area contributed by atoms with Gasteiger partial charge in [0, 0.05) is 17.8 Å². The molecule has 0 atom stereocenters. The lowest BCUT2D eigenvalue weighted by atomic mass is 10.2. The van der Waals surface area contributed by atoms with Gasteiger partial charge in [0.1, 0.15) is 5.75 Å². The maximum absolute atomic E-state index is 11.1. The number of pyridine rings is 1. The molecule has 0 aliphatic carbocycles. The van der Waals surface area contributed by atoms with Crippen LogP contribution in [-0.4, -0.2) is 15.9 Å². The van der Waals surface area contributed by atoms with Crippen LogP contribution in [0.3, 0.4) is 0 Å². The van der Waals surface area contributed by atoms with Crippen LogP contribution in [-0.2, 0) is 6.61 Å². The highest BCUT2D eigenvalue weighted by molar-refractivity contribution is 5.93. The molecule has 1 aromatic heterocycles. The molecule has 2 rings (SSSR count). The van der Waals surface area contributed by atoms with E-state index in [1.165, 1.54) is 13.1 Å². The molecule has 0 aliphatic rings. The number of aliphatic hydroxyl groups excluding tert-OH is 1. The van der Waals surface area contributed by atoms with Crippen LogP contribution in [0.25, 0.3) is 0 Å². The van der Waals surface area contributed by atoms with Crippen LogP contribution in [0.4, 0.5) is 0 Å². The molecule has 0 amide bonds. The normalized spacial score (nSPS) is 10.1. The van der Waals surface area contributed by atoms with E-state index in [1.807, 2.05) is 0 Å². The van der Waals surface area contributed by atoms with Crippen LogP contribution in [0.2, 0.25) is 0 Å². The first-order valence-electron chi connectivity index (χ1n) is 5.53. The Kier molecular flexibility index (Phi) is 3.69. The number of carbonyl (C=O) groups excluding carboxylic acids is 1. The maximum atomic E-state index is 11.1. The zero-order chi connectivity index (χ0) is 13.0. The molecule has 0 aliphatic heterocycles. The number of rotatable bonds is 4. The first-order valence-corrected chi connectivity index (χ1v) is 5.53. The third-order valence-electron chi connectivity index (χ3n) is 2.45. The molecular formula is C14H13NO3. The van der Waals surface area contributed by atoms with Gasteiger partial charge in [-0.05, 0) is 30.7 Å². The zero-order valence-corrected chi connectivity index (χ0v) is 9.96. The Labute approximate surface area is 105 Å². The maximum Gasteiger partial charge on any atom is 0.219 e. The summed E-state index contributed by atoms with van der Waals surface area (Å²) in [5.41, 5.74) is 1.32. The van der Waals surface area contributed by atoms with Crippen molar-refractivity contribution in [3.63, 3.8) is 0 Å². The summed E-state index contributed by atoms with van der Waals surface area (Å²) in [4.78, 5) is 15.1. The van der Waals surface area contributed by atoms with Crippen molar-refractivity contribution in [2.75, 3.05) is 0 Å². The molecule has 92 valence electrons. The number of benzene rings is 1. The second kappa shape index (κ2) is 5.42. The molecular weight excluding hydrogens is 230 g/mol. The molecule has 2 aromatic rings. The minimum Gasteiger partial charge on any atom is -0.439 e. The minimum absolute atomic E-state index is 0.0312. The van der Waals surface area contributed by atoms with Crippen LogP contribution in [0.1, 0.15) is 22.8 Å². The van der Waals surface area contributed by atoms with Gasteiger partial charge in [0.25, 0.3) is 0 Å². The fraction of sp³-hybridized carbons (Fsp3) is 0.143. The SMILES string of the molecule is CC(=O)c1ccc(Oc2cccc(CO)c2)nc1. The van der Waals surface area contributed by atoms with Gasteiger partial charge in [0.05, 0.1) is 6.61 Å². The summed E-state index contributed by atoms with van der Waals surface area (Å²) >= 11 is 0. The molecule has 0 fully saturated rings. The van der Waals surface area contributed by atoms with Gasteiger partial charge in [0.15, 0.2) is 5.78 Å². The molecule has 0 bridgehead atoms. The molecule has 4 heteroatoms. The molecule has 0 unspecified atom stereocenters. The number of ketones is 1. The highest BCUT2D eigenvalue weighted by Gasteiger charge is 2.02. The predicted molar refractivity (Wildman–Crippen MR) is 66.7 cm³/mol. The third-order valence-corrected chi connectivity index (χ3v) is 2.45. The molecule has 1 N–H and O–H groups in total. The van der Waals surface area contributed by atoms with Gasteiger partial charge in [-0.25, -0.2) is 4.98 Å². The van der Waals surface area contributed by atoms with Gasteiger partial charge >= 0.3 is 0 Å². The first kappa shape index (κ1) is 12.3.